The lowest BCUT2D eigenvalue weighted by molar-refractivity contribution is 0.0963. The second-order valence-corrected chi connectivity index (χ2v) is 3.69. The van der Waals surface area contributed by atoms with E-state index in [1.807, 2.05) is 0 Å². The molecule has 2 rings (SSSR count). The number of hydrogen-bond acceptors (Lipinski definition) is 2. The van der Waals surface area contributed by atoms with Gasteiger partial charge < -0.3 is 9.52 Å². The molecule has 0 bridgehead atoms. The molecule has 0 saturated heterocycles. The largest absolute Gasteiger partial charge is 0.472 e. The summed E-state index contributed by atoms with van der Waals surface area (Å²) >= 11 is 0. The fraction of sp³-hybridized carbons (Fsp3) is 0.167. The first-order chi connectivity index (χ1) is 7.53. The molecule has 1 unspecified atom stereocenters. The summed E-state index contributed by atoms with van der Waals surface area (Å²) in [4.78, 5) is 0. The number of benzene rings is 1. The zero-order valence-corrected chi connectivity index (χ0v) is 8.58. The van der Waals surface area contributed by atoms with E-state index in [0.29, 0.717) is 5.56 Å². The molecular weight excluding hydrogens is 214 g/mol. The van der Waals surface area contributed by atoms with Crippen LogP contribution in [0.25, 0.3) is 0 Å². The highest BCUT2D eigenvalue weighted by molar-refractivity contribution is 5.34. The van der Waals surface area contributed by atoms with Crippen molar-refractivity contribution in [2.75, 3.05) is 0 Å². The highest BCUT2D eigenvalue weighted by atomic mass is 19.2. The molecule has 0 amide bonds. The van der Waals surface area contributed by atoms with E-state index in [-0.39, 0.29) is 5.56 Å². The van der Waals surface area contributed by atoms with Crippen molar-refractivity contribution in [1.29, 1.82) is 0 Å². The van der Waals surface area contributed by atoms with Crippen LogP contribution in [0.5, 0.6) is 0 Å². The summed E-state index contributed by atoms with van der Waals surface area (Å²) < 4.78 is 31.4. The van der Waals surface area contributed by atoms with Crippen molar-refractivity contribution >= 4 is 0 Å². The normalized spacial score (nSPS) is 14.8. The Morgan fingerprint density at radius 3 is 2.62 bits per heavy atom. The number of halogens is 2. The molecular formula is C12H10F2O2. The predicted molar refractivity (Wildman–Crippen MR) is 53.7 cm³/mol. The molecule has 1 aromatic heterocycles. The van der Waals surface area contributed by atoms with Gasteiger partial charge in [0.2, 0.25) is 0 Å². The minimum Gasteiger partial charge on any atom is -0.472 e. The van der Waals surface area contributed by atoms with E-state index in [0.717, 1.165) is 6.07 Å². The molecule has 0 aliphatic rings. The molecule has 4 heteroatoms. The lowest BCUT2D eigenvalue weighted by atomic mass is 9.89. The van der Waals surface area contributed by atoms with E-state index in [2.05, 4.69) is 0 Å². The highest BCUT2D eigenvalue weighted by Gasteiger charge is 2.30. The Balaban J connectivity index is 2.56. The summed E-state index contributed by atoms with van der Waals surface area (Å²) in [7, 11) is 0. The van der Waals surface area contributed by atoms with Crippen molar-refractivity contribution in [3.63, 3.8) is 0 Å². The first-order valence-corrected chi connectivity index (χ1v) is 4.73. The number of furan rings is 1. The molecule has 2 nitrogen and oxygen atoms in total. The van der Waals surface area contributed by atoms with Crippen molar-refractivity contribution in [3.8, 4) is 0 Å². The molecule has 0 spiro atoms. The Labute approximate surface area is 91.1 Å². The minimum absolute atomic E-state index is 0.117. The van der Waals surface area contributed by atoms with Gasteiger partial charge in [0, 0.05) is 11.1 Å². The third kappa shape index (κ3) is 1.61. The molecule has 84 valence electrons. The Morgan fingerprint density at radius 1 is 1.25 bits per heavy atom. The molecule has 0 radical (unpaired) electrons. The van der Waals surface area contributed by atoms with Gasteiger partial charge in [-0.2, -0.15) is 0 Å². The van der Waals surface area contributed by atoms with E-state index in [1.54, 1.807) is 0 Å². The van der Waals surface area contributed by atoms with Crippen LogP contribution in [0.15, 0.2) is 41.2 Å². The second kappa shape index (κ2) is 3.72. The second-order valence-electron chi connectivity index (χ2n) is 3.69. The monoisotopic (exact) mass is 224 g/mol. The topological polar surface area (TPSA) is 33.4 Å². The van der Waals surface area contributed by atoms with Crippen molar-refractivity contribution in [2.24, 2.45) is 0 Å². The third-order valence-electron chi connectivity index (χ3n) is 2.56. The molecule has 1 aromatic carbocycles. The van der Waals surface area contributed by atoms with Gasteiger partial charge in [0.15, 0.2) is 11.6 Å². The fourth-order valence-corrected chi connectivity index (χ4v) is 1.58. The van der Waals surface area contributed by atoms with E-state index in [1.165, 1.54) is 37.6 Å². The Bertz CT molecular complexity index is 490. The van der Waals surface area contributed by atoms with E-state index >= 15 is 0 Å². The summed E-state index contributed by atoms with van der Waals surface area (Å²) in [6.45, 7) is 1.38. The first-order valence-electron chi connectivity index (χ1n) is 4.73. The zero-order chi connectivity index (χ0) is 11.8. The van der Waals surface area contributed by atoms with Gasteiger partial charge in [-0.25, -0.2) is 8.78 Å². The highest BCUT2D eigenvalue weighted by Crippen LogP contribution is 2.31. The van der Waals surface area contributed by atoms with Gasteiger partial charge in [0.1, 0.15) is 5.60 Å². The van der Waals surface area contributed by atoms with Crippen LogP contribution in [-0.2, 0) is 5.60 Å². The van der Waals surface area contributed by atoms with Gasteiger partial charge in [0.05, 0.1) is 12.5 Å². The maximum atomic E-state index is 13.5. The van der Waals surface area contributed by atoms with E-state index in [4.69, 9.17) is 4.42 Å². The van der Waals surface area contributed by atoms with Crippen LogP contribution in [0.3, 0.4) is 0 Å². The van der Waals surface area contributed by atoms with Crippen LogP contribution in [0.4, 0.5) is 8.78 Å². The number of rotatable bonds is 2. The smallest absolute Gasteiger partial charge is 0.165 e. The van der Waals surface area contributed by atoms with Crippen molar-refractivity contribution in [2.45, 2.75) is 12.5 Å². The molecule has 0 fully saturated rings. The minimum atomic E-state index is -1.61. The summed E-state index contributed by atoms with van der Waals surface area (Å²) in [5.74, 6) is -2.03. The van der Waals surface area contributed by atoms with Crippen molar-refractivity contribution in [1.82, 2.24) is 0 Å². The Kier molecular flexibility index (Phi) is 2.52. The molecule has 1 heterocycles. The van der Waals surface area contributed by atoms with E-state index in [9.17, 15) is 13.9 Å². The summed E-state index contributed by atoms with van der Waals surface area (Å²) in [5.41, 5.74) is -1.36. The van der Waals surface area contributed by atoms with E-state index < -0.39 is 17.2 Å². The fourth-order valence-electron chi connectivity index (χ4n) is 1.58. The quantitative estimate of drug-likeness (QED) is 0.850. The zero-order valence-electron chi connectivity index (χ0n) is 8.58. The van der Waals surface area contributed by atoms with Crippen molar-refractivity contribution in [3.05, 3.63) is 59.6 Å². The first kappa shape index (κ1) is 10.8. The van der Waals surface area contributed by atoms with Gasteiger partial charge in [-0.05, 0) is 19.1 Å². The summed E-state index contributed by atoms with van der Waals surface area (Å²) in [6, 6.07) is 5.20. The third-order valence-corrected chi connectivity index (χ3v) is 2.56. The Morgan fingerprint density at radius 2 is 2.00 bits per heavy atom. The number of hydrogen-bond donors (Lipinski definition) is 1. The van der Waals surface area contributed by atoms with Crippen LogP contribution < -0.4 is 0 Å². The maximum Gasteiger partial charge on any atom is 0.165 e. The molecule has 0 saturated carbocycles. The SMILES string of the molecule is CC(O)(c1ccoc1)c1cccc(F)c1F. The molecule has 1 N–H and O–H groups in total. The van der Waals surface area contributed by atoms with Gasteiger partial charge in [0.25, 0.3) is 0 Å². The number of aliphatic hydroxyl groups is 1. The predicted octanol–water partition coefficient (Wildman–Crippen LogP) is 2.81. The van der Waals surface area contributed by atoms with Gasteiger partial charge in [-0.3, -0.25) is 0 Å². The molecule has 2 aromatic rings. The molecule has 16 heavy (non-hydrogen) atoms. The van der Waals surface area contributed by atoms with Crippen LogP contribution in [-0.4, -0.2) is 5.11 Å². The van der Waals surface area contributed by atoms with Gasteiger partial charge in [-0.15, -0.1) is 0 Å². The van der Waals surface area contributed by atoms with Gasteiger partial charge >= 0.3 is 0 Å². The molecule has 0 aliphatic heterocycles. The maximum absolute atomic E-state index is 13.5. The average molecular weight is 224 g/mol. The van der Waals surface area contributed by atoms with Crippen LogP contribution in [0.1, 0.15) is 18.1 Å². The summed E-state index contributed by atoms with van der Waals surface area (Å²) in [6.07, 6.45) is 2.66. The van der Waals surface area contributed by atoms with Crippen LogP contribution >= 0.6 is 0 Å². The lowest BCUT2D eigenvalue weighted by Gasteiger charge is -2.22. The van der Waals surface area contributed by atoms with Gasteiger partial charge in [-0.1, -0.05) is 12.1 Å². The standard InChI is InChI=1S/C12H10F2O2/c1-12(15,8-5-6-16-7-8)9-3-2-4-10(13)11(9)14/h2-7,15H,1H3. The van der Waals surface area contributed by atoms with Crippen molar-refractivity contribution < 1.29 is 18.3 Å². The average Bonchev–Trinajstić information content (AvgIpc) is 2.75. The summed E-state index contributed by atoms with van der Waals surface area (Å²) in [5, 5.41) is 10.2. The lowest BCUT2D eigenvalue weighted by Crippen LogP contribution is -2.24. The Hall–Kier alpha value is -1.68. The molecule has 1 atom stereocenters. The molecule has 0 aliphatic carbocycles. The van der Waals surface area contributed by atoms with Crippen LogP contribution in [0, 0.1) is 11.6 Å². The van der Waals surface area contributed by atoms with Crippen LogP contribution in [0.2, 0.25) is 0 Å².